The Morgan fingerprint density at radius 2 is 1.77 bits per heavy atom. The molecule has 1 N–H and O–H groups in total. The molecule has 0 radical (unpaired) electrons. The molecule has 0 unspecified atom stereocenters. The van der Waals surface area contributed by atoms with Crippen molar-refractivity contribution in [2.45, 2.75) is 6.42 Å². The molecule has 0 aromatic heterocycles. The smallest absolute Gasteiger partial charge is 0.310 e. The van der Waals surface area contributed by atoms with Crippen molar-refractivity contribution in [2.24, 2.45) is 0 Å². The number of rotatable bonds is 5. The molecule has 1 amide bonds. The Morgan fingerprint density at radius 3 is 2.58 bits per heavy atom. The lowest BCUT2D eigenvalue weighted by atomic mass is 10.1. The fourth-order valence-corrected chi connectivity index (χ4v) is 2.58. The molecule has 0 fully saturated rings. The van der Waals surface area contributed by atoms with Gasteiger partial charge in [-0.25, -0.2) is 0 Å². The number of amides is 1. The number of nitrogens with zero attached hydrogens (tertiary/aromatic N) is 1. The highest BCUT2D eigenvalue weighted by Crippen LogP contribution is 2.16. The normalized spacial score (nSPS) is 10.1. The maximum absolute atomic E-state index is 12.0. The van der Waals surface area contributed by atoms with Crippen LogP contribution in [0.1, 0.15) is 11.1 Å². The molecule has 26 heavy (non-hydrogen) atoms. The van der Waals surface area contributed by atoms with Crippen molar-refractivity contribution >= 4 is 28.3 Å². The van der Waals surface area contributed by atoms with Gasteiger partial charge in [0.1, 0.15) is 0 Å². The van der Waals surface area contributed by atoms with Crippen LogP contribution in [0.4, 0.5) is 5.69 Å². The molecule has 0 spiro atoms. The largest absolute Gasteiger partial charge is 0.455 e. The third-order valence-corrected chi connectivity index (χ3v) is 3.80. The van der Waals surface area contributed by atoms with Crippen LogP contribution in [-0.2, 0) is 20.7 Å². The Morgan fingerprint density at radius 1 is 0.962 bits per heavy atom. The van der Waals surface area contributed by atoms with Gasteiger partial charge in [-0.1, -0.05) is 48.5 Å². The van der Waals surface area contributed by atoms with Crippen LogP contribution in [0.15, 0.2) is 66.7 Å². The molecule has 0 saturated heterocycles. The van der Waals surface area contributed by atoms with E-state index in [4.69, 9.17) is 10.00 Å². The third-order valence-electron chi connectivity index (χ3n) is 3.80. The van der Waals surface area contributed by atoms with Gasteiger partial charge in [0, 0.05) is 5.69 Å². The number of carbonyl (C=O) groups excluding carboxylic acids is 2. The van der Waals surface area contributed by atoms with Crippen molar-refractivity contribution in [1.29, 1.82) is 5.26 Å². The fourth-order valence-electron chi connectivity index (χ4n) is 2.58. The van der Waals surface area contributed by atoms with E-state index in [0.29, 0.717) is 11.3 Å². The summed E-state index contributed by atoms with van der Waals surface area (Å²) >= 11 is 0. The number of fused-ring (bicyclic) bond motifs is 1. The first kappa shape index (κ1) is 17.2. The standard InChI is InChI=1S/C21H16N2O3/c22-13-16-4-3-7-19(11-16)23-20(24)14-26-21(25)12-15-8-9-17-5-1-2-6-18(17)10-15/h1-11H,12,14H2,(H,23,24). The number of ether oxygens (including phenoxy) is 1. The van der Waals surface area contributed by atoms with Gasteiger partial charge in [-0.15, -0.1) is 0 Å². The van der Waals surface area contributed by atoms with Crippen LogP contribution in [0.3, 0.4) is 0 Å². The number of anilines is 1. The lowest BCUT2D eigenvalue weighted by Gasteiger charge is -2.07. The maximum Gasteiger partial charge on any atom is 0.310 e. The number of carbonyl (C=O) groups is 2. The summed E-state index contributed by atoms with van der Waals surface area (Å²) in [5, 5.41) is 13.6. The molecule has 0 aliphatic rings. The first-order chi connectivity index (χ1) is 12.6. The molecule has 3 aromatic rings. The van der Waals surface area contributed by atoms with Crippen LogP contribution >= 0.6 is 0 Å². The highest BCUT2D eigenvalue weighted by Gasteiger charge is 2.09. The van der Waals surface area contributed by atoms with Gasteiger partial charge in [0.15, 0.2) is 6.61 Å². The molecular weight excluding hydrogens is 328 g/mol. The molecule has 128 valence electrons. The maximum atomic E-state index is 12.0. The Hall–Kier alpha value is -3.65. The zero-order chi connectivity index (χ0) is 18.4. The lowest BCUT2D eigenvalue weighted by Crippen LogP contribution is -2.21. The van der Waals surface area contributed by atoms with E-state index in [2.05, 4.69) is 5.32 Å². The molecular formula is C21H16N2O3. The summed E-state index contributed by atoms with van der Waals surface area (Å²) in [5.74, 6) is -0.923. The minimum atomic E-state index is -0.471. The molecule has 0 aliphatic heterocycles. The average Bonchev–Trinajstić information content (AvgIpc) is 2.66. The molecule has 0 aliphatic carbocycles. The predicted molar refractivity (Wildman–Crippen MR) is 98.4 cm³/mol. The van der Waals surface area contributed by atoms with Crippen molar-refractivity contribution in [3.05, 3.63) is 77.9 Å². The second kappa shape index (κ2) is 7.95. The van der Waals surface area contributed by atoms with Crippen molar-refractivity contribution < 1.29 is 14.3 Å². The van der Waals surface area contributed by atoms with E-state index in [1.807, 2.05) is 48.5 Å². The molecule has 0 atom stereocenters. The number of benzene rings is 3. The first-order valence-corrected chi connectivity index (χ1v) is 8.07. The van der Waals surface area contributed by atoms with E-state index >= 15 is 0 Å². The van der Waals surface area contributed by atoms with Crippen LogP contribution in [-0.4, -0.2) is 18.5 Å². The number of nitrogens with one attached hydrogen (secondary N) is 1. The van der Waals surface area contributed by atoms with Crippen LogP contribution in [0.2, 0.25) is 0 Å². The van der Waals surface area contributed by atoms with Crippen molar-refractivity contribution in [2.75, 3.05) is 11.9 Å². The van der Waals surface area contributed by atoms with Gasteiger partial charge in [0.2, 0.25) is 0 Å². The summed E-state index contributed by atoms with van der Waals surface area (Å²) in [7, 11) is 0. The summed E-state index contributed by atoms with van der Waals surface area (Å²) in [6.45, 7) is -0.372. The third kappa shape index (κ3) is 4.46. The Bertz CT molecular complexity index is 1010. The van der Waals surface area contributed by atoms with Crippen molar-refractivity contribution in [3.63, 3.8) is 0 Å². The average molecular weight is 344 g/mol. The lowest BCUT2D eigenvalue weighted by molar-refractivity contribution is -0.146. The van der Waals surface area contributed by atoms with E-state index in [0.717, 1.165) is 16.3 Å². The predicted octanol–water partition coefficient (Wildman–Crippen LogP) is 3.44. The van der Waals surface area contributed by atoms with Crippen LogP contribution < -0.4 is 5.32 Å². The topological polar surface area (TPSA) is 79.2 Å². The van der Waals surface area contributed by atoms with Crippen LogP contribution in [0.25, 0.3) is 10.8 Å². The minimum absolute atomic E-state index is 0.0992. The second-order valence-corrected chi connectivity index (χ2v) is 5.76. The van der Waals surface area contributed by atoms with E-state index in [9.17, 15) is 9.59 Å². The molecule has 0 heterocycles. The number of hydrogen-bond acceptors (Lipinski definition) is 4. The summed E-state index contributed by atoms with van der Waals surface area (Å²) in [6, 6.07) is 22.2. The number of nitriles is 1. The number of hydrogen-bond donors (Lipinski definition) is 1. The summed E-state index contributed by atoms with van der Waals surface area (Å²) < 4.78 is 5.03. The van der Waals surface area contributed by atoms with E-state index in [-0.39, 0.29) is 13.0 Å². The Balaban J connectivity index is 1.52. The number of esters is 1. The van der Waals surface area contributed by atoms with E-state index < -0.39 is 11.9 Å². The minimum Gasteiger partial charge on any atom is -0.455 e. The van der Waals surface area contributed by atoms with Crippen LogP contribution in [0, 0.1) is 11.3 Å². The molecule has 0 saturated carbocycles. The van der Waals surface area contributed by atoms with Gasteiger partial charge in [0.25, 0.3) is 5.91 Å². The van der Waals surface area contributed by atoms with Crippen molar-refractivity contribution in [1.82, 2.24) is 0 Å². The molecule has 0 bridgehead atoms. The quantitative estimate of drug-likeness (QED) is 0.719. The van der Waals surface area contributed by atoms with Crippen LogP contribution in [0.5, 0.6) is 0 Å². The Kier molecular flexibility index (Phi) is 5.25. The zero-order valence-electron chi connectivity index (χ0n) is 13.9. The molecule has 3 rings (SSSR count). The first-order valence-electron chi connectivity index (χ1n) is 8.07. The van der Waals surface area contributed by atoms with E-state index in [1.165, 1.54) is 0 Å². The van der Waals surface area contributed by atoms with Gasteiger partial charge in [-0.3, -0.25) is 9.59 Å². The Labute approximate surface area is 150 Å². The fraction of sp³-hybridized carbons (Fsp3) is 0.0952. The highest BCUT2D eigenvalue weighted by atomic mass is 16.5. The van der Waals surface area contributed by atoms with Gasteiger partial charge in [0.05, 0.1) is 18.1 Å². The van der Waals surface area contributed by atoms with Gasteiger partial charge in [-0.05, 0) is 34.5 Å². The molecule has 5 heteroatoms. The summed E-state index contributed by atoms with van der Waals surface area (Å²) in [5.41, 5.74) is 1.76. The second-order valence-electron chi connectivity index (χ2n) is 5.76. The van der Waals surface area contributed by atoms with Gasteiger partial charge < -0.3 is 10.1 Å². The summed E-state index contributed by atoms with van der Waals surface area (Å²) in [4.78, 5) is 23.8. The molecule has 5 nitrogen and oxygen atoms in total. The highest BCUT2D eigenvalue weighted by molar-refractivity contribution is 5.93. The van der Waals surface area contributed by atoms with E-state index in [1.54, 1.807) is 24.3 Å². The summed E-state index contributed by atoms with van der Waals surface area (Å²) in [6.07, 6.45) is 0.0992. The van der Waals surface area contributed by atoms with Gasteiger partial charge >= 0.3 is 5.97 Å². The monoisotopic (exact) mass is 344 g/mol. The van der Waals surface area contributed by atoms with Crippen molar-refractivity contribution in [3.8, 4) is 6.07 Å². The van der Waals surface area contributed by atoms with Gasteiger partial charge in [-0.2, -0.15) is 5.26 Å². The zero-order valence-corrected chi connectivity index (χ0v) is 13.9. The molecule has 3 aromatic carbocycles. The SMILES string of the molecule is N#Cc1cccc(NC(=O)COC(=O)Cc2ccc3ccccc3c2)c1.